The predicted octanol–water partition coefficient (Wildman–Crippen LogP) is 1.51. The maximum absolute atomic E-state index is 12.0. The fourth-order valence-corrected chi connectivity index (χ4v) is 2.50. The van der Waals surface area contributed by atoms with Crippen LogP contribution in [0.5, 0.6) is 0 Å². The van der Waals surface area contributed by atoms with Gasteiger partial charge >= 0.3 is 0 Å². The molecule has 2 atom stereocenters. The van der Waals surface area contributed by atoms with E-state index < -0.39 is 0 Å². The number of nitrogens with one attached hydrogen (secondary N) is 2. The molecule has 1 heterocycles. The van der Waals surface area contributed by atoms with E-state index in [1.54, 1.807) is 0 Å². The smallest absolute Gasteiger partial charge is 0.224 e. The van der Waals surface area contributed by atoms with Crippen LogP contribution in [-0.2, 0) is 11.2 Å². The zero-order valence-electron chi connectivity index (χ0n) is 11.2. The van der Waals surface area contributed by atoms with E-state index in [0.717, 1.165) is 26.1 Å². The Balaban J connectivity index is 1.79. The van der Waals surface area contributed by atoms with Gasteiger partial charge in [0.2, 0.25) is 5.91 Å². The van der Waals surface area contributed by atoms with Crippen molar-refractivity contribution in [2.75, 3.05) is 19.6 Å². The lowest BCUT2D eigenvalue weighted by Gasteiger charge is -2.14. The molecule has 3 nitrogen and oxygen atoms in total. The van der Waals surface area contributed by atoms with Crippen molar-refractivity contribution in [1.82, 2.24) is 10.6 Å². The standard InChI is InChI=1S/C15H22N2O/c1-11-5-3-4-6-13(11)7-8-17-15(18)14-10-16-9-12(14)2/h3-6,12,14,16H,7-10H2,1-2H3,(H,17,18). The molecule has 0 saturated carbocycles. The average Bonchev–Trinajstić information content (AvgIpc) is 2.78. The lowest BCUT2D eigenvalue weighted by Crippen LogP contribution is -2.35. The predicted molar refractivity (Wildman–Crippen MR) is 73.4 cm³/mol. The zero-order valence-corrected chi connectivity index (χ0v) is 11.2. The van der Waals surface area contributed by atoms with E-state index in [0.29, 0.717) is 5.92 Å². The van der Waals surface area contributed by atoms with Crippen LogP contribution in [-0.4, -0.2) is 25.5 Å². The molecule has 1 aliphatic rings. The molecule has 1 amide bonds. The quantitative estimate of drug-likeness (QED) is 0.845. The van der Waals surface area contributed by atoms with Gasteiger partial charge in [0.1, 0.15) is 0 Å². The molecule has 98 valence electrons. The van der Waals surface area contributed by atoms with Crippen LogP contribution in [0.2, 0.25) is 0 Å². The summed E-state index contributed by atoms with van der Waals surface area (Å²) in [5, 5.41) is 6.31. The summed E-state index contributed by atoms with van der Waals surface area (Å²) in [5.74, 6) is 0.784. The molecule has 1 aromatic rings. The van der Waals surface area contributed by atoms with Crippen LogP contribution in [0.25, 0.3) is 0 Å². The van der Waals surface area contributed by atoms with Crippen LogP contribution in [0, 0.1) is 18.8 Å². The first-order valence-corrected chi connectivity index (χ1v) is 6.71. The van der Waals surface area contributed by atoms with Crippen molar-refractivity contribution in [3.05, 3.63) is 35.4 Å². The minimum atomic E-state index is 0.141. The van der Waals surface area contributed by atoms with E-state index in [1.807, 2.05) is 12.1 Å². The summed E-state index contributed by atoms with van der Waals surface area (Å²) in [6.07, 6.45) is 0.910. The molecule has 2 unspecified atom stereocenters. The third kappa shape index (κ3) is 3.10. The molecule has 3 heteroatoms. The maximum Gasteiger partial charge on any atom is 0.224 e. The van der Waals surface area contributed by atoms with Crippen molar-refractivity contribution in [2.45, 2.75) is 20.3 Å². The van der Waals surface area contributed by atoms with Gasteiger partial charge in [-0.15, -0.1) is 0 Å². The van der Waals surface area contributed by atoms with Gasteiger partial charge in [0.15, 0.2) is 0 Å². The van der Waals surface area contributed by atoms with Gasteiger partial charge < -0.3 is 10.6 Å². The van der Waals surface area contributed by atoms with Gasteiger partial charge in [0.05, 0.1) is 5.92 Å². The van der Waals surface area contributed by atoms with Crippen LogP contribution in [0.4, 0.5) is 0 Å². The van der Waals surface area contributed by atoms with E-state index >= 15 is 0 Å². The number of hydrogen-bond donors (Lipinski definition) is 2. The highest BCUT2D eigenvalue weighted by atomic mass is 16.1. The van der Waals surface area contributed by atoms with Crippen molar-refractivity contribution >= 4 is 5.91 Å². The van der Waals surface area contributed by atoms with Crippen molar-refractivity contribution in [3.8, 4) is 0 Å². The number of hydrogen-bond acceptors (Lipinski definition) is 2. The van der Waals surface area contributed by atoms with Gasteiger partial charge in [-0.1, -0.05) is 31.2 Å². The third-order valence-corrected chi connectivity index (χ3v) is 3.81. The molecule has 1 saturated heterocycles. The average molecular weight is 246 g/mol. The summed E-state index contributed by atoms with van der Waals surface area (Å²) < 4.78 is 0. The molecule has 0 radical (unpaired) electrons. The minimum absolute atomic E-state index is 0.141. The monoisotopic (exact) mass is 246 g/mol. The number of amides is 1. The van der Waals surface area contributed by atoms with Gasteiger partial charge in [0, 0.05) is 13.1 Å². The summed E-state index contributed by atoms with van der Waals surface area (Å²) in [4.78, 5) is 12.0. The maximum atomic E-state index is 12.0. The molecule has 0 spiro atoms. The normalized spacial score (nSPS) is 23.0. The molecular weight excluding hydrogens is 224 g/mol. The van der Waals surface area contributed by atoms with Crippen LogP contribution in [0.1, 0.15) is 18.1 Å². The van der Waals surface area contributed by atoms with E-state index in [9.17, 15) is 4.79 Å². The van der Waals surface area contributed by atoms with E-state index in [-0.39, 0.29) is 11.8 Å². The second-order valence-electron chi connectivity index (χ2n) is 5.21. The van der Waals surface area contributed by atoms with E-state index in [2.05, 4.69) is 36.6 Å². The highest BCUT2D eigenvalue weighted by Gasteiger charge is 2.28. The molecule has 18 heavy (non-hydrogen) atoms. The van der Waals surface area contributed by atoms with Crippen LogP contribution in [0.3, 0.4) is 0 Å². The van der Waals surface area contributed by atoms with Crippen LogP contribution in [0.15, 0.2) is 24.3 Å². The molecule has 2 N–H and O–H groups in total. The van der Waals surface area contributed by atoms with Gasteiger partial charge in [-0.2, -0.15) is 0 Å². The second-order valence-corrected chi connectivity index (χ2v) is 5.21. The number of aryl methyl sites for hydroxylation is 1. The second kappa shape index (κ2) is 6.01. The molecule has 0 aromatic heterocycles. The first-order valence-electron chi connectivity index (χ1n) is 6.71. The highest BCUT2D eigenvalue weighted by Crippen LogP contribution is 2.15. The van der Waals surface area contributed by atoms with E-state index in [4.69, 9.17) is 0 Å². The van der Waals surface area contributed by atoms with Gasteiger partial charge in [-0.25, -0.2) is 0 Å². The summed E-state index contributed by atoms with van der Waals surface area (Å²) in [5.41, 5.74) is 2.61. The Kier molecular flexibility index (Phi) is 4.37. The number of carbonyl (C=O) groups excluding carboxylic acids is 1. The number of benzene rings is 1. The Morgan fingerprint density at radius 2 is 2.17 bits per heavy atom. The zero-order chi connectivity index (χ0) is 13.0. The molecule has 1 aliphatic heterocycles. The number of rotatable bonds is 4. The number of carbonyl (C=O) groups is 1. The Morgan fingerprint density at radius 3 is 2.83 bits per heavy atom. The van der Waals surface area contributed by atoms with E-state index in [1.165, 1.54) is 11.1 Å². The Labute approximate surface area is 109 Å². The molecule has 0 aliphatic carbocycles. The Bertz CT molecular complexity index is 417. The fraction of sp³-hybridized carbons (Fsp3) is 0.533. The topological polar surface area (TPSA) is 41.1 Å². The van der Waals surface area contributed by atoms with Gasteiger partial charge in [-0.3, -0.25) is 4.79 Å². The van der Waals surface area contributed by atoms with Crippen molar-refractivity contribution in [2.24, 2.45) is 11.8 Å². The highest BCUT2D eigenvalue weighted by molar-refractivity contribution is 5.79. The van der Waals surface area contributed by atoms with Crippen molar-refractivity contribution in [1.29, 1.82) is 0 Å². The summed E-state index contributed by atoms with van der Waals surface area (Å²) in [6, 6.07) is 8.33. The molecule has 1 aromatic carbocycles. The first kappa shape index (κ1) is 13.1. The van der Waals surface area contributed by atoms with Crippen LogP contribution >= 0.6 is 0 Å². The molecular formula is C15H22N2O. The van der Waals surface area contributed by atoms with Crippen molar-refractivity contribution < 1.29 is 4.79 Å². The summed E-state index contributed by atoms with van der Waals surface area (Å²) in [7, 11) is 0. The Hall–Kier alpha value is -1.35. The first-order chi connectivity index (χ1) is 8.68. The van der Waals surface area contributed by atoms with Crippen molar-refractivity contribution in [3.63, 3.8) is 0 Å². The van der Waals surface area contributed by atoms with Gasteiger partial charge in [0.25, 0.3) is 0 Å². The minimum Gasteiger partial charge on any atom is -0.355 e. The lowest BCUT2D eigenvalue weighted by atomic mass is 9.97. The summed E-state index contributed by atoms with van der Waals surface area (Å²) in [6.45, 7) is 6.74. The lowest BCUT2D eigenvalue weighted by molar-refractivity contribution is -0.125. The van der Waals surface area contributed by atoms with Crippen LogP contribution < -0.4 is 10.6 Å². The molecule has 2 rings (SSSR count). The fourth-order valence-electron chi connectivity index (χ4n) is 2.50. The molecule has 0 bridgehead atoms. The largest absolute Gasteiger partial charge is 0.355 e. The molecule has 1 fully saturated rings. The SMILES string of the molecule is Cc1ccccc1CCNC(=O)C1CNCC1C. The Morgan fingerprint density at radius 1 is 1.39 bits per heavy atom. The summed E-state index contributed by atoms with van der Waals surface area (Å²) >= 11 is 0. The van der Waals surface area contributed by atoms with Gasteiger partial charge in [-0.05, 0) is 36.9 Å². The third-order valence-electron chi connectivity index (χ3n) is 3.81.